The highest BCUT2D eigenvalue weighted by atomic mass is 16.1. The summed E-state index contributed by atoms with van der Waals surface area (Å²) in [6.07, 6.45) is 3.61. The van der Waals surface area contributed by atoms with Crippen molar-refractivity contribution in [2.45, 2.75) is 13.8 Å². The van der Waals surface area contributed by atoms with Crippen molar-refractivity contribution in [2.75, 3.05) is 0 Å². The van der Waals surface area contributed by atoms with Gasteiger partial charge in [-0.15, -0.1) is 0 Å². The molecular formula is C10H10N2O. The molecule has 0 spiro atoms. The molecule has 2 aromatic heterocycles. The lowest BCUT2D eigenvalue weighted by atomic mass is 10.2. The molecule has 0 aliphatic carbocycles. The second-order valence-corrected chi connectivity index (χ2v) is 3.07. The van der Waals surface area contributed by atoms with Gasteiger partial charge in [-0.25, -0.2) is 4.98 Å². The third-order valence-electron chi connectivity index (χ3n) is 2.12. The number of pyridine rings is 1. The van der Waals surface area contributed by atoms with E-state index in [-0.39, 0.29) is 5.78 Å². The normalized spacial score (nSPS) is 10.6. The van der Waals surface area contributed by atoms with Crippen molar-refractivity contribution in [3.63, 3.8) is 0 Å². The number of carbonyl (C=O) groups excluding carboxylic acids is 1. The van der Waals surface area contributed by atoms with Gasteiger partial charge in [0.05, 0.1) is 11.7 Å². The van der Waals surface area contributed by atoms with Crippen molar-refractivity contribution in [1.82, 2.24) is 9.38 Å². The van der Waals surface area contributed by atoms with Crippen LogP contribution in [0.4, 0.5) is 0 Å². The Morgan fingerprint density at radius 1 is 1.46 bits per heavy atom. The lowest BCUT2D eigenvalue weighted by molar-refractivity contribution is 0.101. The maximum Gasteiger partial charge on any atom is 0.161 e. The van der Waals surface area contributed by atoms with E-state index >= 15 is 0 Å². The molecule has 2 heterocycles. The Labute approximate surface area is 76.0 Å². The molecule has 0 N–H and O–H groups in total. The van der Waals surface area contributed by atoms with Crippen LogP contribution in [-0.2, 0) is 0 Å². The lowest BCUT2D eigenvalue weighted by Gasteiger charge is -1.98. The second-order valence-electron chi connectivity index (χ2n) is 3.07. The minimum absolute atomic E-state index is 0.0787. The SMILES string of the molecule is CC(=O)c1ccc2cnc(C)n2c1. The molecule has 0 unspecified atom stereocenters. The van der Waals surface area contributed by atoms with Gasteiger partial charge in [-0.3, -0.25) is 4.79 Å². The highest BCUT2D eigenvalue weighted by molar-refractivity contribution is 5.94. The number of rotatable bonds is 1. The molecule has 0 atom stereocenters. The van der Waals surface area contributed by atoms with Crippen molar-refractivity contribution >= 4 is 11.3 Å². The molecule has 0 radical (unpaired) electrons. The van der Waals surface area contributed by atoms with E-state index in [0.29, 0.717) is 5.56 Å². The van der Waals surface area contributed by atoms with Gasteiger partial charge in [0.2, 0.25) is 0 Å². The summed E-state index contributed by atoms with van der Waals surface area (Å²) in [6.45, 7) is 3.48. The Kier molecular flexibility index (Phi) is 1.65. The molecular weight excluding hydrogens is 164 g/mol. The van der Waals surface area contributed by atoms with Crippen LogP contribution in [0, 0.1) is 6.92 Å². The zero-order valence-electron chi connectivity index (χ0n) is 7.61. The Balaban J connectivity index is 2.72. The number of fused-ring (bicyclic) bond motifs is 1. The summed E-state index contributed by atoms with van der Waals surface area (Å²) in [4.78, 5) is 15.2. The number of aryl methyl sites for hydroxylation is 1. The first-order chi connectivity index (χ1) is 6.18. The maximum absolute atomic E-state index is 11.1. The molecule has 0 aromatic carbocycles. The van der Waals surface area contributed by atoms with E-state index in [2.05, 4.69) is 4.98 Å². The van der Waals surface area contributed by atoms with Gasteiger partial charge in [-0.1, -0.05) is 0 Å². The largest absolute Gasteiger partial charge is 0.303 e. The molecule has 3 nitrogen and oxygen atoms in total. The molecule has 0 saturated heterocycles. The minimum atomic E-state index is 0.0787. The van der Waals surface area contributed by atoms with Crippen LogP contribution in [-0.4, -0.2) is 15.2 Å². The maximum atomic E-state index is 11.1. The molecule has 0 fully saturated rings. The van der Waals surface area contributed by atoms with Crippen molar-refractivity contribution in [2.24, 2.45) is 0 Å². The number of aromatic nitrogens is 2. The van der Waals surface area contributed by atoms with E-state index in [4.69, 9.17) is 0 Å². The van der Waals surface area contributed by atoms with Crippen LogP contribution in [0.25, 0.3) is 5.52 Å². The molecule has 0 aliphatic rings. The van der Waals surface area contributed by atoms with Crippen LogP contribution in [0.5, 0.6) is 0 Å². The summed E-state index contributed by atoms with van der Waals surface area (Å²) in [5.41, 5.74) is 1.73. The van der Waals surface area contributed by atoms with E-state index in [1.54, 1.807) is 13.1 Å². The smallest absolute Gasteiger partial charge is 0.161 e. The highest BCUT2D eigenvalue weighted by Gasteiger charge is 2.02. The van der Waals surface area contributed by atoms with Crippen molar-refractivity contribution in [3.05, 3.63) is 35.9 Å². The Morgan fingerprint density at radius 3 is 2.92 bits per heavy atom. The van der Waals surface area contributed by atoms with Gasteiger partial charge in [0.15, 0.2) is 5.78 Å². The molecule has 2 aromatic rings. The van der Waals surface area contributed by atoms with E-state index in [0.717, 1.165) is 11.3 Å². The number of nitrogens with zero attached hydrogens (tertiary/aromatic N) is 2. The second kappa shape index (κ2) is 2.69. The van der Waals surface area contributed by atoms with Crippen molar-refractivity contribution in [1.29, 1.82) is 0 Å². The molecule has 2 rings (SSSR count). The molecule has 0 aliphatic heterocycles. The van der Waals surface area contributed by atoms with Gasteiger partial charge < -0.3 is 4.40 Å². The number of hydrogen-bond donors (Lipinski definition) is 0. The monoisotopic (exact) mass is 174 g/mol. The zero-order chi connectivity index (χ0) is 9.42. The molecule has 0 amide bonds. The van der Waals surface area contributed by atoms with E-state index < -0.39 is 0 Å². The van der Waals surface area contributed by atoms with Crippen LogP contribution < -0.4 is 0 Å². The highest BCUT2D eigenvalue weighted by Crippen LogP contribution is 2.08. The Morgan fingerprint density at radius 2 is 2.23 bits per heavy atom. The average Bonchev–Trinajstić information content (AvgIpc) is 2.47. The standard InChI is InChI=1S/C10H10N2O/c1-7(13)9-3-4-10-5-11-8(2)12(10)6-9/h3-6H,1-2H3. The molecule has 0 saturated carbocycles. The fourth-order valence-electron chi connectivity index (χ4n) is 1.33. The van der Waals surface area contributed by atoms with Gasteiger partial charge in [0.25, 0.3) is 0 Å². The van der Waals surface area contributed by atoms with Gasteiger partial charge in [0.1, 0.15) is 5.82 Å². The third-order valence-corrected chi connectivity index (χ3v) is 2.12. The first-order valence-corrected chi connectivity index (χ1v) is 4.13. The van der Waals surface area contributed by atoms with E-state index in [9.17, 15) is 4.79 Å². The van der Waals surface area contributed by atoms with E-state index in [1.165, 1.54) is 0 Å². The summed E-state index contributed by atoms with van der Waals surface area (Å²) in [6, 6.07) is 3.72. The van der Waals surface area contributed by atoms with Crippen molar-refractivity contribution in [3.8, 4) is 0 Å². The minimum Gasteiger partial charge on any atom is -0.303 e. The van der Waals surface area contributed by atoms with Gasteiger partial charge in [-0.2, -0.15) is 0 Å². The number of Topliss-reactive ketones (excluding diaryl/α,β-unsaturated/α-hetero) is 1. The van der Waals surface area contributed by atoms with Crippen LogP contribution in [0.15, 0.2) is 24.5 Å². The van der Waals surface area contributed by atoms with Crippen LogP contribution in [0.1, 0.15) is 23.1 Å². The van der Waals surface area contributed by atoms with Crippen molar-refractivity contribution < 1.29 is 4.79 Å². The Hall–Kier alpha value is -1.64. The molecule has 3 heteroatoms. The number of imidazole rings is 1. The summed E-state index contributed by atoms with van der Waals surface area (Å²) < 4.78 is 1.91. The summed E-state index contributed by atoms with van der Waals surface area (Å²) >= 11 is 0. The predicted octanol–water partition coefficient (Wildman–Crippen LogP) is 1.85. The van der Waals surface area contributed by atoms with Crippen LogP contribution in [0.2, 0.25) is 0 Å². The van der Waals surface area contributed by atoms with Crippen LogP contribution in [0.3, 0.4) is 0 Å². The molecule has 0 bridgehead atoms. The predicted molar refractivity (Wildman–Crippen MR) is 49.9 cm³/mol. The molecule has 66 valence electrons. The Bertz CT molecular complexity index is 471. The zero-order valence-corrected chi connectivity index (χ0v) is 7.61. The number of ketones is 1. The fourth-order valence-corrected chi connectivity index (χ4v) is 1.33. The van der Waals surface area contributed by atoms with Gasteiger partial charge in [0, 0.05) is 11.8 Å². The average molecular weight is 174 g/mol. The first-order valence-electron chi connectivity index (χ1n) is 4.13. The van der Waals surface area contributed by atoms with Gasteiger partial charge in [-0.05, 0) is 26.0 Å². The van der Waals surface area contributed by atoms with Gasteiger partial charge >= 0.3 is 0 Å². The first kappa shape index (κ1) is 7.98. The third kappa shape index (κ3) is 1.22. The van der Waals surface area contributed by atoms with Crippen LogP contribution >= 0.6 is 0 Å². The quantitative estimate of drug-likeness (QED) is 0.618. The number of carbonyl (C=O) groups is 1. The summed E-state index contributed by atoms with van der Waals surface area (Å²) in [7, 11) is 0. The lowest BCUT2D eigenvalue weighted by Crippen LogP contribution is -1.96. The fraction of sp³-hybridized carbons (Fsp3) is 0.200. The summed E-state index contributed by atoms with van der Waals surface area (Å²) in [5, 5.41) is 0. The molecule has 13 heavy (non-hydrogen) atoms. The topological polar surface area (TPSA) is 34.4 Å². The number of hydrogen-bond acceptors (Lipinski definition) is 2. The van der Waals surface area contributed by atoms with E-state index in [1.807, 2.05) is 29.7 Å². The summed E-state index contributed by atoms with van der Waals surface area (Å²) in [5.74, 6) is 0.980.